The van der Waals surface area contributed by atoms with Crippen LogP contribution in [0.1, 0.15) is 0 Å². The van der Waals surface area contributed by atoms with Gasteiger partial charge < -0.3 is 24.8 Å². The van der Waals surface area contributed by atoms with Gasteiger partial charge in [-0.05, 0) is 38.4 Å². The molecule has 2 N–H and O–H groups in total. The first kappa shape index (κ1) is 15.5. The number of phenols is 1. The van der Waals surface area contributed by atoms with Crippen LogP contribution >= 0.6 is 0 Å². The molecule has 0 fully saturated rings. The Labute approximate surface area is 145 Å². The molecule has 0 aliphatic carbocycles. The second-order valence-corrected chi connectivity index (χ2v) is 6.17. The third kappa shape index (κ3) is 2.81. The van der Waals surface area contributed by atoms with Gasteiger partial charge in [-0.15, -0.1) is 0 Å². The molecular weight excluding hydrogens is 318 g/mol. The molecule has 0 amide bonds. The molecule has 0 unspecified atom stereocenters. The van der Waals surface area contributed by atoms with E-state index in [1.165, 1.54) is 0 Å². The highest BCUT2D eigenvalue weighted by Gasteiger charge is 2.27. The van der Waals surface area contributed by atoms with Gasteiger partial charge in [-0.25, -0.2) is 4.98 Å². The normalized spacial score (nSPS) is 12.3. The molecule has 0 saturated heterocycles. The number of hydrogen-bond acceptors (Lipinski definition) is 6. The summed E-state index contributed by atoms with van der Waals surface area (Å²) < 4.78 is 12.1. The molecule has 0 spiro atoms. The highest BCUT2D eigenvalue weighted by atomic mass is 16.6. The Kier molecular flexibility index (Phi) is 3.82. The lowest BCUT2D eigenvalue weighted by Gasteiger charge is -2.24. The minimum Gasteiger partial charge on any atom is -0.504 e. The predicted octanol–water partition coefficient (Wildman–Crippen LogP) is 3.81. The number of rotatable bonds is 4. The van der Waals surface area contributed by atoms with Crippen molar-refractivity contribution in [3.63, 3.8) is 0 Å². The Morgan fingerprint density at radius 2 is 1.84 bits per heavy atom. The Bertz CT molecular complexity index is 941. The van der Waals surface area contributed by atoms with Crippen molar-refractivity contribution >= 4 is 16.7 Å². The quantitative estimate of drug-likeness (QED) is 0.590. The van der Waals surface area contributed by atoms with Crippen LogP contribution in [0, 0.1) is 0 Å². The number of nitrogens with zero attached hydrogens (tertiary/aromatic N) is 2. The first-order valence-electron chi connectivity index (χ1n) is 8.12. The second kappa shape index (κ2) is 6.14. The molecule has 1 aliphatic heterocycles. The van der Waals surface area contributed by atoms with Crippen molar-refractivity contribution in [2.24, 2.45) is 0 Å². The summed E-state index contributed by atoms with van der Waals surface area (Å²) in [6.45, 7) is 1.59. The van der Waals surface area contributed by atoms with Crippen LogP contribution in [0.2, 0.25) is 0 Å². The molecule has 2 heterocycles. The molecule has 0 radical (unpaired) electrons. The smallest absolute Gasteiger partial charge is 0.212 e. The number of pyridine rings is 1. The van der Waals surface area contributed by atoms with Crippen molar-refractivity contribution < 1.29 is 14.6 Å². The summed E-state index contributed by atoms with van der Waals surface area (Å²) in [4.78, 5) is 6.77. The maximum atomic E-state index is 10.1. The monoisotopic (exact) mass is 337 g/mol. The highest BCUT2D eigenvalue weighted by molar-refractivity contribution is 5.92. The summed E-state index contributed by atoms with van der Waals surface area (Å²) in [7, 11) is 4.03. The van der Waals surface area contributed by atoms with Crippen molar-refractivity contribution in [3.05, 3.63) is 42.5 Å². The summed E-state index contributed by atoms with van der Waals surface area (Å²) >= 11 is 0. The van der Waals surface area contributed by atoms with E-state index in [0.717, 1.165) is 24.0 Å². The molecule has 0 bridgehead atoms. The summed E-state index contributed by atoms with van der Waals surface area (Å²) in [5.41, 5.74) is 0.802. The molecule has 3 aromatic rings. The number of hydrogen-bond donors (Lipinski definition) is 2. The number of phenolic OH excluding ortho intramolecular Hbond substituents is 1. The minimum atomic E-state index is 0.0474. The molecule has 0 atom stereocenters. The lowest BCUT2D eigenvalue weighted by Crippen LogP contribution is -2.21. The summed E-state index contributed by atoms with van der Waals surface area (Å²) in [5.74, 6) is 2.57. The summed E-state index contributed by atoms with van der Waals surface area (Å²) in [6.07, 6.45) is 0. The van der Waals surface area contributed by atoms with Gasteiger partial charge in [0, 0.05) is 18.5 Å². The van der Waals surface area contributed by atoms with Crippen molar-refractivity contribution in [1.82, 2.24) is 9.88 Å². The van der Waals surface area contributed by atoms with E-state index >= 15 is 0 Å². The molecule has 6 heteroatoms. The van der Waals surface area contributed by atoms with Crippen molar-refractivity contribution in [2.75, 3.05) is 32.5 Å². The first-order chi connectivity index (χ1) is 12.1. The standard InChI is InChI=1S/C19H19N3O3/c1-22(2)11-10-20-19-18-16(12-6-3-4-7-13(12)21-19)25-17-14(23)8-5-9-15(17)24-18/h3-9,23H,10-11H2,1-2H3,(H,20,21). The zero-order chi connectivity index (χ0) is 17.4. The average molecular weight is 337 g/mol. The van der Waals surface area contributed by atoms with E-state index in [-0.39, 0.29) is 5.75 Å². The third-order valence-electron chi connectivity index (χ3n) is 4.03. The number of ether oxygens (including phenoxy) is 2. The second-order valence-electron chi connectivity index (χ2n) is 6.17. The van der Waals surface area contributed by atoms with Gasteiger partial charge in [0.1, 0.15) is 0 Å². The van der Waals surface area contributed by atoms with E-state index in [1.807, 2.05) is 38.4 Å². The van der Waals surface area contributed by atoms with Crippen LogP contribution in [0.25, 0.3) is 10.9 Å². The number of aromatic nitrogens is 1. The number of nitrogens with one attached hydrogen (secondary N) is 1. The van der Waals surface area contributed by atoms with Gasteiger partial charge in [0.05, 0.1) is 5.52 Å². The summed E-state index contributed by atoms with van der Waals surface area (Å²) in [5, 5.41) is 14.2. The minimum absolute atomic E-state index is 0.0474. The molecular formula is C19H19N3O3. The molecule has 6 nitrogen and oxygen atoms in total. The van der Waals surface area contributed by atoms with Crippen LogP contribution in [0.3, 0.4) is 0 Å². The maximum Gasteiger partial charge on any atom is 0.212 e. The Hall–Kier alpha value is -2.99. The maximum absolute atomic E-state index is 10.1. The number of anilines is 1. The molecule has 1 aliphatic rings. The first-order valence-corrected chi connectivity index (χ1v) is 8.12. The van der Waals surface area contributed by atoms with Crippen molar-refractivity contribution in [2.45, 2.75) is 0 Å². The van der Waals surface area contributed by atoms with E-state index in [0.29, 0.717) is 28.8 Å². The average Bonchev–Trinajstić information content (AvgIpc) is 2.61. The highest BCUT2D eigenvalue weighted by Crippen LogP contribution is 2.53. The van der Waals surface area contributed by atoms with Gasteiger partial charge in [0.25, 0.3) is 0 Å². The molecule has 2 aromatic carbocycles. The molecule has 128 valence electrons. The molecule has 1 aromatic heterocycles. The lowest BCUT2D eigenvalue weighted by atomic mass is 10.1. The topological polar surface area (TPSA) is 66.9 Å². The fraction of sp³-hybridized carbons (Fsp3) is 0.211. The number of likely N-dealkylation sites (N-methyl/N-ethyl adjacent to an activating group) is 1. The number of aromatic hydroxyl groups is 1. The zero-order valence-corrected chi connectivity index (χ0v) is 14.1. The van der Waals surface area contributed by atoms with Crippen LogP contribution in [-0.2, 0) is 0 Å². The zero-order valence-electron chi connectivity index (χ0n) is 14.1. The fourth-order valence-corrected chi connectivity index (χ4v) is 2.78. The number of fused-ring (bicyclic) bond motifs is 4. The molecule has 0 saturated carbocycles. The predicted molar refractivity (Wildman–Crippen MR) is 97.0 cm³/mol. The van der Waals surface area contributed by atoms with E-state index in [9.17, 15) is 5.11 Å². The SMILES string of the molecule is CN(C)CCNc1nc2ccccc2c2c1Oc1cccc(O)c1O2. The Morgan fingerprint density at radius 3 is 2.68 bits per heavy atom. The van der Waals surface area contributed by atoms with Gasteiger partial charge in [-0.1, -0.05) is 18.2 Å². The van der Waals surface area contributed by atoms with Gasteiger partial charge >= 0.3 is 0 Å². The van der Waals surface area contributed by atoms with E-state index in [1.54, 1.807) is 18.2 Å². The Balaban J connectivity index is 1.82. The lowest BCUT2D eigenvalue weighted by molar-refractivity contribution is 0.340. The third-order valence-corrected chi connectivity index (χ3v) is 4.03. The fourth-order valence-electron chi connectivity index (χ4n) is 2.78. The van der Waals surface area contributed by atoms with Gasteiger partial charge in [0.15, 0.2) is 23.1 Å². The Morgan fingerprint density at radius 1 is 1.00 bits per heavy atom. The van der Waals surface area contributed by atoms with Crippen LogP contribution in [0.15, 0.2) is 42.5 Å². The van der Waals surface area contributed by atoms with Crippen molar-refractivity contribution in [3.8, 4) is 28.7 Å². The summed E-state index contributed by atoms with van der Waals surface area (Å²) in [6, 6.07) is 12.8. The van der Waals surface area contributed by atoms with E-state index in [4.69, 9.17) is 9.47 Å². The van der Waals surface area contributed by atoms with Gasteiger partial charge in [0.2, 0.25) is 11.5 Å². The van der Waals surface area contributed by atoms with Crippen LogP contribution in [0.4, 0.5) is 5.82 Å². The van der Waals surface area contributed by atoms with Crippen LogP contribution in [0.5, 0.6) is 28.7 Å². The van der Waals surface area contributed by atoms with Gasteiger partial charge in [-0.3, -0.25) is 0 Å². The van der Waals surface area contributed by atoms with Gasteiger partial charge in [-0.2, -0.15) is 0 Å². The van der Waals surface area contributed by atoms with E-state index < -0.39 is 0 Å². The van der Waals surface area contributed by atoms with E-state index in [2.05, 4.69) is 15.2 Å². The van der Waals surface area contributed by atoms with Crippen LogP contribution in [-0.4, -0.2) is 42.2 Å². The largest absolute Gasteiger partial charge is 0.504 e. The molecule has 25 heavy (non-hydrogen) atoms. The van der Waals surface area contributed by atoms with Crippen LogP contribution < -0.4 is 14.8 Å². The molecule has 4 rings (SSSR count). The van der Waals surface area contributed by atoms with Crippen molar-refractivity contribution in [1.29, 1.82) is 0 Å². The number of benzene rings is 2. The number of para-hydroxylation sites is 2.